The Hall–Kier alpha value is -1.64. The molecule has 7 heteroatoms. The molecule has 1 heterocycles. The Morgan fingerprint density at radius 2 is 1.90 bits per heavy atom. The van der Waals surface area contributed by atoms with Crippen LogP contribution in [0.15, 0.2) is 35.3 Å². The molecular formula is C23H37IN6. The maximum atomic E-state index is 4.82. The zero-order valence-electron chi connectivity index (χ0n) is 18.6. The molecule has 0 saturated heterocycles. The number of halogens is 1. The summed E-state index contributed by atoms with van der Waals surface area (Å²) in [6.45, 7) is 5.48. The Balaban J connectivity index is 0.00000320. The first-order chi connectivity index (χ1) is 14.1. The first kappa shape index (κ1) is 24.6. The van der Waals surface area contributed by atoms with Gasteiger partial charge in [0.1, 0.15) is 5.82 Å². The Morgan fingerprint density at radius 1 is 1.17 bits per heavy atom. The van der Waals surface area contributed by atoms with Crippen molar-refractivity contribution in [2.24, 2.45) is 18.0 Å². The van der Waals surface area contributed by atoms with Crippen LogP contribution in [-0.2, 0) is 20.1 Å². The third-order valence-electron chi connectivity index (χ3n) is 5.98. The summed E-state index contributed by atoms with van der Waals surface area (Å²) < 4.78 is 2.01. The van der Waals surface area contributed by atoms with E-state index in [1.165, 1.54) is 50.5 Å². The predicted octanol–water partition coefficient (Wildman–Crippen LogP) is 4.73. The van der Waals surface area contributed by atoms with Gasteiger partial charge in [-0.25, -0.2) is 4.99 Å². The lowest BCUT2D eigenvalue weighted by atomic mass is 9.85. The fraction of sp³-hybridized carbons (Fsp3) is 0.609. The maximum absolute atomic E-state index is 4.82. The smallest absolute Gasteiger partial charge is 0.192 e. The van der Waals surface area contributed by atoms with Gasteiger partial charge in [0.05, 0.1) is 13.1 Å². The van der Waals surface area contributed by atoms with Gasteiger partial charge in [-0.3, -0.25) is 0 Å². The van der Waals surface area contributed by atoms with Gasteiger partial charge in [0.15, 0.2) is 11.8 Å². The van der Waals surface area contributed by atoms with E-state index < -0.39 is 0 Å². The first-order valence-corrected chi connectivity index (χ1v) is 11.1. The van der Waals surface area contributed by atoms with Crippen LogP contribution in [0.1, 0.15) is 69.1 Å². The number of rotatable bonds is 8. The van der Waals surface area contributed by atoms with Gasteiger partial charge in [-0.1, -0.05) is 62.4 Å². The van der Waals surface area contributed by atoms with Crippen molar-refractivity contribution in [1.29, 1.82) is 0 Å². The van der Waals surface area contributed by atoms with E-state index in [2.05, 4.69) is 52.0 Å². The number of aromatic nitrogens is 3. The molecule has 0 bridgehead atoms. The topological polar surface area (TPSA) is 67.1 Å². The third-order valence-corrected chi connectivity index (χ3v) is 5.98. The van der Waals surface area contributed by atoms with E-state index in [9.17, 15) is 0 Å². The molecule has 2 N–H and O–H groups in total. The zero-order chi connectivity index (χ0) is 20.5. The molecule has 1 aromatic carbocycles. The minimum absolute atomic E-state index is 0. The molecule has 0 spiro atoms. The van der Waals surface area contributed by atoms with Crippen LogP contribution >= 0.6 is 24.0 Å². The number of aryl methyl sites for hydroxylation is 1. The number of guanidine groups is 1. The van der Waals surface area contributed by atoms with Crippen molar-refractivity contribution in [2.45, 2.75) is 77.9 Å². The van der Waals surface area contributed by atoms with Gasteiger partial charge in [0, 0.05) is 13.1 Å². The van der Waals surface area contributed by atoms with Crippen molar-refractivity contribution < 1.29 is 0 Å². The van der Waals surface area contributed by atoms with Crippen molar-refractivity contribution in [2.75, 3.05) is 0 Å². The predicted molar refractivity (Wildman–Crippen MR) is 134 cm³/mol. The molecule has 1 aliphatic rings. The number of benzene rings is 1. The second-order valence-corrected chi connectivity index (χ2v) is 8.35. The lowest BCUT2D eigenvalue weighted by Crippen LogP contribution is -2.42. The Bertz CT molecular complexity index is 767. The molecule has 6 nitrogen and oxygen atoms in total. The summed E-state index contributed by atoms with van der Waals surface area (Å²) in [4.78, 5) is 4.82. The van der Waals surface area contributed by atoms with Crippen LogP contribution in [-0.4, -0.2) is 26.8 Å². The lowest BCUT2D eigenvalue weighted by molar-refractivity contribution is 0.322. The minimum atomic E-state index is 0. The highest BCUT2D eigenvalue weighted by molar-refractivity contribution is 14.0. The Kier molecular flexibility index (Phi) is 10.6. The monoisotopic (exact) mass is 524 g/mol. The highest BCUT2D eigenvalue weighted by atomic mass is 127. The van der Waals surface area contributed by atoms with Crippen LogP contribution in [0.4, 0.5) is 0 Å². The summed E-state index contributed by atoms with van der Waals surface area (Å²) in [6, 6.07) is 10.8. The van der Waals surface area contributed by atoms with Gasteiger partial charge >= 0.3 is 0 Å². The van der Waals surface area contributed by atoms with Gasteiger partial charge in [0.2, 0.25) is 0 Å². The first-order valence-electron chi connectivity index (χ1n) is 11.1. The molecule has 3 rings (SSSR count). The van der Waals surface area contributed by atoms with E-state index in [-0.39, 0.29) is 24.0 Å². The van der Waals surface area contributed by atoms with Crippen LogP contribution < -0.4 is 10.6 Å². The number of nitrogens with one attached hydrogen (secondary N) is 2. The number of hydrogen-bond acceptors (Lipinski definition) is 3. The van der Waals surface area contributed by atoms with Crippen molar-refractivity contribution >= 4 is 29.9 Å². The van der Waals surface area contributed by atoms with E-state index in [1.54, 1.807) is 0 Å². The van der Waals surface area contributed by atoms with Crippen molar-refractivity contribution in [3.05, 3.63) is 47.5 Å². The fourth-order valence-corrected chi connectivity index (χ4v) is 3.94. The van der Waals surface area contributed by atoms with Crippen molar-refractivity contribution in [3.63, 3.8) is 0 Å². The van der Waals surface area contributed by atoms with E-state index in [0.717, 1.165) is 23.5 Å². The van der Waals surface area contributed by atoms with Crippen LogP contribution in [0.2, 0.25) is 0 Å². The number of hydrogen-bond donors (Lipinski definition) is 2. The second kappa shape index (κ2) is 12.9. The van der Waals surface area contributed by atoms with Crippen molar-refractivity contribution in [3.8, 4) is 0 Å². The van der Waals surface area contributed by atoms with E-state index in [4.69, 9.17) is 4.99 Å². The van der Waals surface area contributed by atoms with Crippen molar-refractivity contribution in [1.82, 2.24) is 25.4 Å². The highest BCUT2D eigenvalue weighted by Crippen LogP contribution is 2.27. The second-order valence-electron chi connectivity index (χ2n) is 8.35. The van der Waals surface area contributed by atoms with Gasteiger partial charge < -0.3 is 15.2 Å². The zero-order valence-corrected chi connectivity index (χ0v) is 20.9. The number of aliphatic imine (C=N–C) groups is 1. The van der Waals surface area contributed by atoms with Gasteiger partial charge in [0.25, 0.3) is 0 Å². The Morgan fingerprint density at radius 3 is 2.57 bits per heavy atom. The normalized spacial score (nSPS) is 16.0. The SMILES string of the molecule is Cc1nnc(CNC(=NCc2ccccc2)NC(C)CCC2CCCCC2)n1C.I. The lowest BCUT2D eigenvalue weighted by Gasteiger charge is -2.24. The maximum Gasteiger partial charge on any atom is 0.192 e. The summed E-state index contributed by atoms with van der Waals surface area (Å²) >= 11 is 0. The summed E-state index contributed by atoms with van der Waals surface area (Å²) in [7, 11) is 1.99. The highest BCUT2D eigenvalue weighted by Gasteiger charge is 2.15. The molecule has 1 atom stereocenters. The molecule has 1 saturated carbocycles. The molecular weight excluding hydrogens is 487 g/mol. The largest absolute Gasteiger partial charge is 0.354 e. The van der Waals surface area contributed by atoms with Gasteiger partial charge in [-0.05, 0) is 38.2 Å². The van der Waals surface area contributed by atoms with Crippen LogP contribution in [0.25, 0.3) is 0 Å². The third kappa shape index (κ3) is 7.89. The number of nitrogens with zero attached hydrogens (tertiary/aromatic N) is 4. The Labute approximate surface area is 198 Å². The summed E-state index contributed by atoms with van der Waals surface area (Å²) in [6.07, 6.45) is 9.55. The molecule has 1 aromatic heterocycles. The quantitative estimate of drug-likeness (QED) is 0.298. The van der Waals surface area contributed by atoms with E-state index >= 15 is 0 Å². The molecule has 30 heavy (non-hydrogen) atoms. The van der Waals surface area contributed by atoms with E-state index in [1.807, 2.05) is 24.6 Å². The minimum Gasteiger partial charge on any atom is -0.354 e. The molecule has 0 radical (unpaired) electrons. The average molecular weight is 524 g/mol. The summed E-state index contributed by atoms with van der Waals surface area (Å²) in [5, 5.41) is 15.4. The molecule has 1 unspecified atom stereocenters. The molecule has 1 fully saturated rings. The standard InChI is InChI=1S/C23H36N6.HI/c1-18(14-15-20-10-6-4-7-11-20)26-23(24-16-21-12-8-5-9-13-21)25-17-22-28-27-19(2)29(22)3;/h5,8-9,12-13,18,20H,4,6-7,10-11,14-17H2,1-3H3,(H2,24,25,26);1H. The molecule has 0 amide bonds. The van der Waals surface area contributed by atoms with Crippen LogP contribution in [0, 0.1) is 12.8 Å². The summed E-state index contributed by atoms with van der Waals surface area (Å²) in [5.74, 6) is 3.57. The summed E-state index contributed by atoms with van der Waals surface area (Å²) in [5.41, 5.74) is 1.21. The fourth-order valence-electron chi connectivity index (χ4n) is 3.94. The van der Waals surface area contributed by atoms with E-state index in [0.29, 0.717) is 19.1 Å². The van der Waals surface area contributed by atoms with Crippen LogP contribution in [0.5, 0.6) is 0 Å². The van der Waals surface area contributed by atoms with Gasteiger partial charge in [-0.2, -0.15) is 0 Å². The van der Waals surface area contributed by atoms with Gasteiger partial charge in [-0.15, -0.1) is 34.2 Å². The molecule has 1 aliphatic carbocycles. The average Bonchev–Trinajstić information content (AvgIpc) is 3.08. The molecule has 2 aromatic rings. The molecule has 166 valence electrons. The molecule has 0 aliphatic heterocycles. The van der Waals surface area contributed by atoms with Crippen LogP contribution in [0.3, 0.4) is 0 Å².